The second-order valence-electron chi connectivity index (χ2n) is 3.61. The Morgan fingerprint density at radius 1 is 0.833 bits per heavy atom. The standard InChI is InChI=1S/C11H23O/c1-3-5-6-7-8-10-11(12)9-4-2/h11H,3-10H2,1-2H3. The molecule has 1 radical (unpaired) electrons. The van der Waals surface area contributed by atoms with E-state index in [1.54, 1.807) is 0 Å². The highest BCUT2D eigenvalue weighted by Crippen LogP contribution is 2.10. The Hall–Kier alpha value is -0.0400. The molecule has 1 nitrogen and oxygen atoms in total. The molecule has 0 aromatic carbocycles. The van der Waals surface area contributed by atoms with Gasteiger partial charge in [-0.15, -0.1) is 0 Å². The molecule has 1 atom stereocenters. The fourth-order valence-corrected chi connectivity index (χ4v) is 1.44. The van der Waals surface area contributed by atoms with E-state index in [0.717, 1.165) is 25.7 Å². The van der Waals surface area contributed by atoms with Crippen molar-refractivity contribution < 1.29 is 5.11 Å². The lowest BCUT2D eigenvalue weighted by Crippen LogP contribution is -2.02. The third-order valence-corrected chi connectivity index (χ3v) is 2.24. The maximum absolute atomic E-state index is 11.2. The zero-order valence-corrected chi connectivity index (χ0v) is 8.64. The van der Waals surface area contributed by atoms with Crippen molar-refractivity contribution in [3.05, 3.63) is 0 Å². The van der Waals surface area contributed by atoms with Crippen LogP contribution >= 0.6 is 0 Å². The van der Waals surface area contributed by atoms with Crippen molar-refractivity contribution in [1.82, 2.24) is 0 Å². The second-order valence-corrected chi connectivity index (χ2v) is 3.61. The van der Waals surface area contributed by atoms with Gasteiger partial charge in [-0.1, -0.05) is 52.4 Å². The van der Waals surface area contributed by atoms with Gasteiger partial charge in [0.1, 0.15) is 0 Å². The average Bonchev–Trinajstić information content (AvgIpc) is 2.05. The Morgan fingerprint density at radius 2 is 1.50 bits per heavy atom. The molecule has 0 aliphatic heterocycles. The molecule has 0 saturated heterocycles. The molecular formula is C11H23O. The van der Waals surface area contributed by atoms with E-state index in [-0.39, 0.29) is 6.10 Å². The van der Waals surface area contributed by atoms with Gasteiger partial charge >= 0.3 is 0 Å². The third kappa shape index (κ3) is 8.06. The maximum Gasteiger partial charge on any atom is 0.0930 e. The molecular weight excluding hydrogens is 148 g/mol. The van der Waals surface area contributed by atoms with Gasteiger partial charge in [0, 0.05) is 0 Å². The summed E-state index contributed by atoms with van der Waals surface area (Å²) in [5.41, 5.74) is 0. The van der Waals surface area contributed by atoms with Crippen LogP contribution in [-0.2, 0) is 5.11 Å². The van der Waals surface area contributed by atoms with E-state index in [0.29, 0.717) is 0 Å². The topological polar surface area (TPSA) is 19.9 Å². The second kappa shape index (κ2) is 9.05. The van der Waals surface area contributed by atoms with Crippen molar-refractivity contribution in [2.45, 2.75) is 71.3 Å². The van der Waals surface area contributed by atoms with E-state index in [2.05, 4.69) is 13.8 Å². The predicted octanol–water partition coefficient (Wildman–Crippen LogP) is 3.95. The molecule has 0 fully saturated rings. The van der Waals surface area contributed by atoms with Gasteiger partial charge in [-0.2, -0.15) is 0 Å². The molecule has 0 saturated carbocycles. The van der Waals surface area contributed by atoms with E-state index in [1.807, 2.05) is 0 Å². The van der Waals surface area contributed by atoms with Gasteiger partial charge in [-0.05, 0) is 12.8 Å². The highest BCUT2D eigenvalue weighted by Gasteiger charge is 2.02. The summed E-state index contributed by atoms with van der Waals surface area (Å²) in [6.45, 7) is 4.30. The highest BCUT2D eigenvalue weighted by atomic mass is 16.3. The summed E-state index contributed by atoms with van der Waals surface area (Å²) in [6.07, 6.45) is 8.87. The average molecular weight is 171 g/mol. The molecule has 0 aliphatic carbocycles. The monoisotopic (exact) mass is 171 g/mol. The SMILES string of the molecule is CCCCCCCC([O])CCC. The summed E-state index contributed by atoms with van der Waals surface area (Å²) in [6, 6.07) is 0. The van der Waals surface area contributed by atoms with Gasteiger partial charge in [0.2, 0.25) is 0 Å². The molecule has 0 heterocycles. The molecule has 0 bridgehead atoms. The molecule has 12 heavy (non-hydrogen) atoms. The van der Waals surface area contributed by atoms with Gasteiger partial charge in [-0.3, -0.25) is 0 Å². The zero-order valence-electron chi connectivity index (χ0n) is 8.64. The van der Waals surface area contributed by atoms with Crippen LogP contribution < -0.4 is 0 Å². The van der Waals surface area contributed by atoms with Crippen molar-refractivity contribution in [2.75, 3.05) is 0 Å². The first-order chi connectivity index (χ1) is 5.81. The molecule has 0 rings (SSSR count). The Balaban J connectivity index is 2.97. The van der Waals surface area contributed by atoms with Crippen LogP contribution in [0.15, 0.2) is 0 Å². The predicted molar refractivity (Wildman–Crippen MR) is 52.8 cm³/mol. The molecule has 0 spiro atoms. The van der Waals surface area contributed by atoms with Crippen LogP contribution in [0.3, 0.4) is 0 Å². The minimum absolute atomic E-state index is 0.281. The van der Waals surface area contributed by atoms with Crippen LogP contribution in [0, 0.1) is 0 Å². The Bertz CT molecular complexity index is 81.1. The minimum Gasteiger partial charge on any atom is -0.233 e. The summed E-state index contributed by atoms with van der Waals surface area (Å²) in [5, 5.41) is 11.2. The number of hydrogen-bond acceptors (Lipinski definition) is 0. The smallest absolute Gasteiger partial charge is 0.0930 e. The van der Waals surface area contributed by atoms with E-state index in [4.69, 9.17) is 0 Å². The van der Waals surface area contributed by atoms with Gasteiger partial charge in [-0.25, -0.2) is 5.11 Å². The molecule has 0 aromatic heterocycles. The normalized spacial score (nSPS) is 13.2. The van der Waals surface area contributed by atoms with Crippen molar-refractivity contribution in [2.24, 2.45) is 0 Å². The lowest BCUT2D eigenvalue weighted by atomic mass is 10.1. The summed E-state index contributed by atoms with van der Waals surface area (Å²) in [5.74, 6) is 0. The summed E-state index contributed by atoms with van der Waals surface area (Å²) in [4.78, 5) is 0. The fraction of sp³-hybridized carbons (Fsp3) is 1.00. The third-order valence-electron chi connectivity index (χ3n) is 2.24. The van der Waals surface area contributed by atoms with Crippen molar-refractivity contribution in [3.8, 4) is 0 Å². The number of rotatable bonds is 8. The Labute approximate surface area is 77.2 Å². The largest absolute Gasteiger partial charge is 0.233 e. The molecule has 73 valence electrons. The van der Waals surface area contributed by atoms with E-state index >= 15 is 0 Å². The highest BCUT2D eigenvalue weighted by molar-refractivity contribution is 4.54. The van der Waals surface area contributed by atoms with Crippen LogP contribution in [0.4, 0.5) is 0 Å². The fourth-order valence-electron chi connectivity index (χ4n) is 1.44. The van der Waals surface area contributed by atoms with Gasteiger partial charge in [0.05, 0.1) is 6.10 Å². The lowest BCUT2D eigenvalue weighted by molar-refractivity contribution is 0.0706. The molecule has 1 unspecified atom stereocenters. The Kier molecular flexibility index (Phi) is 9.02. The van der Waals surface area contributed by atoms with Crippen LogP contribution in [0.25, 0.3) is 0 Å². The van der Waals surface area contributed by atoms with Crippen LogP contribution in [0.5, 0.6) is 0 Å². The van der Waals surface area contributed by atoms with Crippen molar-refractivity contribution in [3.63, 3.8) is 0 Å². The first-order valence-corrected chi connectivity index (χ1v) is 5.47. The summed E-state index contributed by atoms with van der Waals surface area (Å²) >= 11 is 0. The molecule has 0 amide bonds. The van der Waals surface area contributed by atoms with Crippen LogP contribution in [-0.4, -0.2) is 6.10 Å². The van der Waals surface area contributed by atoms with E-state index < -0.39 is 0 Å². The van der Waals surface area contributed by atoms with Crippen LogP contribution in [0.2, 0.25) is 0 Å². The van der Waals surface area contributed by atoms with E-state index in [1.165, 1.54) is 25.7 Å². The van der Waals surface area contributed by atoms with Crippen molar-refractivity contribution >= 4 is 0 Å². The molecule has 0 N–H and O–H groups in total. The first-order valence-electron chi connectivity index (χ1n) is 5.47. The van der Waals surface area contributed by atoms with Crippen LogP contribution in [0.1, 0.15) is 65.2 Å². The molecule has 0 aliphatic rings. The number of hydrogen-bond donors (Lipinski definition) is 0. The summed E-state index contributed by atoms with van der Waals surface area (Å²) in [7, 11) is 0. The van der Waals surface area contributed by atoms with Gasteiger partial charge in [0.15, 0.2) is 0 Å². The number of unbranched alkanes of at least 4 members (excludes halogenated alkanes) is 4. The van der Waals surface area contributed by atoms with Crippen molar-refractivity contribution in [1.29, 1.82) is 0 Å². The van der Waals surface area contributed by atoms with Gasteiger partial charge in [0.25, 0.3) is 0 Å². The quantitative estimate of drug-likeness (QED) is 0.493. The summed E-state index contributed by atoms with van der Waals surface area (Å²) < 4.78 is 0. The first kappa shape index (κ1) is 12.0. The maximum atomic E-state index is 11.2. The lowest BCUT2D eigenvalue weighted by Gasteiger charge is -2.05. The zero-order chi connectivity index (χ0) is 9.23. The molecule has 0 aromatic rings. The molecule has 1 heteroatoms. The Morgan fingerprint density at radius 3 is 2.08 bits per heavy atom. The van der Waals surface area contributed by atoms with E-state index in [9.17, 15) is 5.11 Å². The minimum atomic E-state index is -0.281. The van der Waals surface area contributed by atoms with Gasteiger partial charge < -0.3 is 0 Å².